The van der Waals surface area contributed by atoms with Crippen LogP contribution in [0.4, 0.5) is 0 Å². The number of hydrogen-bond donors (Lipinski definition) is 1. The van der Waals surface area contributed by atoms with Crippen LogP contribution in [-0.2, 0) is 22.7 Å². The van der Waals surface area contributed by atoms with Gasteiger partial charge in [-0.1, -0.05) is 18.2 Å². The van der Waals surface area contributed by atoms with Crippen molar-refractivity contribution in [2.24, 2.45) is 0 Å². The van der Waals surface area contributed by atoms with Gasteiger partial charge in [0.05, 0.1) is 38.1 Å². The first-order valence-corrected chi connectivity index (χ1v) is 11.6. The maximum Gasteiger partial charge on any atom is 0.336 e. The first-order valence-electron chi connectivity index (χ1n) is 11.6. The molecule has 0 bridgehead atoms. The van der Waals surface area contributed by atoms with E-state index < -0.39 is 5.97 Å². The highest BCUT2D eigenvalue weighted by Crippen LogP contribution is 2.28. The van der Waals surface area contributed by atoms with E-state index in [9.17, 15) is 9.90 Å². The number of benzene rings is 2. The predicted molar refractivity (Wildman–Crippen MR) is 127 cm³/mol. The number of nitrogens with zero attached hydrogens (tertiary/aromatic N) is 1. The van der Waals surface area contributed by atoms with Gasteiger partial charge >= 0.3 is 5.97 Å². The zero-order chi connectivity index (χ0) is 24.1. The van der Waals surface area contributed by atoms with Gasteiger partial charge in [-0.25, -0.2) is 9.78 Å². The van der Waals surface area contributed by atoms with E-state index in [1.807, 2.05) is 56.3 Å². The molecule has 4 rings (SSSR count). The van der Waals surface area contributed by atoms with Crippen LogP contribution in [-0.4, -0.2) is 35.4 Å². The molecule has 1 fully saturated rings. The molecule has 1 aromatic heterocycles. The van der Waals surface area contributed by atoms with Crippen molar-refractivity contribution in [3.8, 4) is 17.2 Å². The van der Waals surface area contributed by atoms with E-state index in [1.165, 1.54) is 0 Å². The second kappa shape index (κ2) is 10.8. The van der Waals surface area contributed by atoms with Crippen LogP contribution >= 0.6 is 0 Å². The van der Waals surface area contributed by atoms with Crippen LogP contribution in [0.3, 0.4) is 0 Å². The molecule has 3 aromatic rings. The molecule has 1 aliphatic rings. The van der Waals surface area contributed by atoms with E-state index in [-0.39, 0.29) is 18.8 Å². The van der Waals surface area contributed by atoms with Gasteiger partial charge in [0.15, 0.2) is 0 Å². The Balaban J connectivity index is 1.32. The Morgan fingerprint density at radius 2 is 1.76 bits per heavy atom. The zero-order valence-electron chi connectivity index (χ0n) is 19.9. The minimum Gasteiger partial charge on any atom is -0.497 e. The second-order valence-electron chi connectivity index (χ2n) is 8.70. The Morgan fingerprint density at radius 1 is 1.06 bits per heavy atom. The molecule has 180 valence electrons. The van der Waals surface area contributed by atoms with Gasteiger partial charge in [-0.05, 0) is 74.9 Å². The van der Waals surface area contributed by atoms with Crippen LogP contribution in [0.15, 0.2) is 46.9 Å². The van der Waals surface area contributed by atoms with Crippen LogP contribution in [0.25, 0.3) is 11.5 Å². The minimum atomic E-state index is -0.918. The fraction of sp³-hybridized carbons (Fsp3) is 0.407. The molecule has 7 nitrogen and oxygen atoms in total. The number of ether oxygens (including phenoxy) is 3. The number of carboxylic acid groups (broad SMARTS) is 1. The zero-order valence-corrected chi connectivity index (χ0v) is 19.9. The first-order chi connectivity index (χ1) is 16.4. The topological polar surface area (TPSA) is 91.0 Å². The molecule has 0 aliphatic heterocycles. The number of hydrogen-bond acceptors (Lipinski definition) is 6. The van der Waals surface area contributed by atoms with Gasteiger partial charge in [0.1, 0.15) is 17.2 Å². The van der Waals surface area contributed by atoms with E-state index in [2.05, 4.69) is 4.98 Å². The van der Waals surface area contributed by atoms with Crippen LogP contribution in [0.5, 0.6) is 5.75 Å². The van der Waals surface area contributed by atoms with E-state index in [0.29, 0.717) is 23.6 Å². The number of methoxy groups -OCH3 is 1. The largest absolute Gasteiger partial charge is 0.497 e. The normalized spacial score (nSPS) is 18.1. The molecule has 1 saturated carbocycles. The van der Waals surface area contributed by atoms with Gasteiger partial charge in [0.2, 0.25) is 5.89 Å². The van der Waals surface area contributed by atoms with Crippen molar-refractivity contribution in [2.45, 2.75) is 65.0 Å². The van der Waals surface area contributed by atoms with E-state index >= 15 is 0 Å². The Bertz CT molecular complexity index is 1120. The predicted octanol–water partition coefficient (Wildman–Crippen LogP) is 5.71. The Labute approximate surface area is 199 Å². The molecular formula is C27H31NO6. The maximum absolute atomic E-state index is 11.6. The number of aromatic nitrogens is 1. The smallest absolute Gasteiger partial charge is 0.336 e. The van der Waals surface area contributed by atoms with Gasteiger partial charge in [0.25, 0.3) is 0 Å². The molecule has 34 heavy (non-hydrogen) atoms. The van der Waals surface area contributed by atoms with Crippen molar-refractivity contribution in [1.29, 1.82) is 0 Å². The van der Waals surface area contributed by atoms with Gasteiger partial charge in [-0.2, -0.15) is 0 Å². The van der Waals surface area contributed by atoms with Crippen molar-refractivity contribution < 1.29 is 28.5 Å². The quantitative estimate of drug-likeness (QED) is 0.433. The number of aryl methyl sites for hydroxylation is 2. The summed E-state index contributed by atoms with van der Waals surface area (Å²) >= 11 is 0. The molecule has 2 atom stereocenters. The van der Waals surface area contributed by atoms with Gasteiger partial charge in [0, 0.05) is 5.56 Å². The Kier molecular flexibility index (Phi) is 7.65. The number of rotatable bonds is 9. The van der Waals surface area contributed by atoms with Crippen molar-refractivity contribution in [3.05, 3.63) is 70.6 Å². The molecule has 1 N–H and O–H groups in total. The lowest BCUT2D eigenvalue weighted by Gasteiger charge is -2.29. The highest BCUT2D eigenvalue weighted by Gasteiger charge is 2.25. The van der Waals surface area contributed by atoms with Crippen LogP contribution < -0.4 is 4.74 Å². The third kappa shape index (κ3) is 5.66. The summed E-state index contributed by atoms with van der Waals surface area (Å²) in [4.78, 5) is 16.2. The van der Waals surface area contributed by atoms with Crippen LogP contribution in [0.2, 0.25) is 0 Å². The van der Waals surface area contributed by atoms with Gasteiger partial charge in [-0.15, -0.1) is 0 Å². The summed E-state index contributed by atoms with van der Waals surface area (Å²) in [7, 11) is 1.64. The molecule has 7 heteroatoms. The fourth-order valence-corrected chi connectivity index (χ4v) is 4.38. The second-order valence-corrected chi connectivity index (χ2v) is 8.70. The third-order valence-electron chi connectivity index (χ3n) is 6.31. The summed E-state index contributed by atoms with van der Waals surface area (Å²) in [6.07, 6.45) is 3.79. The molecule has 0 radical (unpaired) electrons. The summed E-state index contributed by atoms with van der Waals surface area (Å²) in [5.41, 5.74) is 3.47. The molecule has 0 amide bonds. The van der Waals surface area contributed by atoms with Crippen LogP contribution in [0.1, 0.15) is 58.6 Å². The van der Waals surface area contributed by atoms with E-state index in [1.54, 1.807) is 7.11 Å². The molecule has 2 unspecified atom stereocenters. The average Bonchev–Trinajstić information content (AvgIpc) is 3.22. The minimum absolute atomic E-state index is 0.0363. The summed E-state index contributed by atoms with van der Waals surface area (Å²) in [5, 5.41) is 9.53. The van der Waals surface area contributed by atoms with Crippen molar-refractivity contribution in [1.82, 2.24) is 4.98 Å². The lowest BCUT2D eigenvalue weighted by molar-refractivity contribution is -0.0564. The maximum atomic E-state index is 11.6. The Hall–Kier alpha value is -3.16. The van der Waals surface area contributed by atoms with Crippen molar-refractivity contribution >= 4 is 5.97 Å². The fourth-order valence-electron chi connectivity index (χ4n) is 4.38. The molecule has 0 spiro atoms. The summed E-state index contributed by atoms with van der Waals surface area (Å²) in [5.74, 6) is 1.18. The number of oxazole rings is 1. The highest BCUT2D eigenvalue weighted by molar-refractivity contribution is 5.91. The summed E-state index contributed by atoms with van der Waals surface area (Å²) in [6.45, 7) is 4.37. The molecule has 1 aliphatic carbocycles. The molecule has 0 saturated heterocycles. The Morgan fingerprint density at radius 3 is 2.44 bits per heavy atom. The van der Waals surface area contributed by atoms with Crippen LogP contribution in [0, 0.1) is 13.8 Å². The lowest BCUT2D eigenvalue weighted by atomic mass is 9.94. The molecule has 1 heterocycles. The standard InChI is InChI=1S/C27H31NO6/c1-17-6-4-7-20(25(17)27(29)30)15-32-22-8-5-9-23(14-22)33-16-24-18(2)34-26(28-24)19-10-12-21(31-3)13-11-19/h4,6-7,10-13,22-23H,5,8-9,14-16H2,1-3H3,(H,29,30). The van der Waals surface area contributed by atoms with Gasteiger partial charge in [-0.3, -0.25) is 0 Å². The monoisotopic (exact) mass is 465 g/mol. The number of aromatic carboxylic acids is 1. The molecular weight excluding hydrogens is 434 g/mol. The lowest BCUT2D eigenvalue weighted by Crippen LogP contribution is -2.28. The van der Waals surface area contributed by atoms with Crippen molar-refractivity contribution in [2.75, 3.05) is 7.11 Å². The average molecular weight is 466 g/mol. The van der Waals surface area contributed by atoms with E-state index in [4.69, 9.17) is 18.6 Å². The molecule has 2 aromatic carbocycles. The number of carbonyl (C=O) groups is 1. The SMILES string of the molecule is COc1ccc(-c2nc(COC3CCCC(OCc4cccc(C)c4C(=O)O)C3)c(C)o2)cc1. The van der Waals surface area contributed by atoms with Crippen molar-refractivity contribution in [3.63, 3.8) is 0 Å². The summed E-state index contributed by atoms with van der Waals surface area (Å²) in [6, 6.07) is 13.1. The number of carboxylic acids is 1. The third-order valence-corrected chi connectivity index (χ3v) is 6.31. The summed E-state index contributed by atoms with van der Waals surface area (Å²) < 4.78 is 23.4. The highest BCUT2D eigenvalue weighted by atomic mass is 16.5. The van der Waals surface area contributed by atoms with E-state index in [0.717, 1.165) is 54.0 Å². The first kappa shape index (κ1) is 24.0. The van der Waals surface area contributed by atoms with Gasteiger partial charge < -0.3 is 23.7 Å².